The zero-order valence-corrected chi connectivity index (χ0v) is 19.2. The van der Waals surface area contributed by atoms with E-state index in [2.05, 4.69) is 17.4 Å². The number of benzene rings is 2. The van der Waals surface area contributed by atoms with Crippen LogP contribution >= 0.6 is 11.8 Å². The molecule has 1 fully saturated rings. The van der Waals surface area contributed by atoms with E-state index < -0.39 is 17.2 Å². The predicted octanol–water partition coefficient (Wildman–Crippen LogP) is 5.30. The van der Waals surface area contributed by atoms with Crippen LogP contribution in [-0.4, -0.2) is 16.9 Å². The number of nitrogens with one attached hydrogen (secondary N) is 1. The molecule has 6 heteroatoms. The van der Waals surface area contributed by atoms with Gasteiger partial charge in [0.1, 0.15) is 0 Å². The van der Waals surface area contributed by atoms with Gasteiger partial charge in [-0.1, -0.05) is 67.8 Å². The van der Waals surface area contributed by atoms with Gasteiger partial charge in [-0.05, 0) is 37.5 Å². The first kappa shape index (κ1) is 22.3. The maximum absolute atomic E-state index is 13.5. The number of carbonyl (C=O) groups excluding carboxylic acids is 2. The number of hydrogen-bond acceptors (Lipinski definition) is 4. The van der Waals surface area contributed by atoms with Crippen LogP contribution in [0.15, 0.2) is 76.9 Å². The lowest BCUT2D eigenvalue weighted by atomic mass is 9.60. The number of para-hydroxylation sites is 1. The molecule has 0 unspecified atom stereocenters. The molecular weight excluding hydrogens is 418 g/mol. The number of carbonyl (C=O) groups is 2. The van der Waals surface area contributed by atoms with Crippen molar-refractivity contribution in [1.82, 2.24) is 0 Å². The Balaban J connectivity index is 1.72. The standard InChI is InChI=1S/C26H29N3O2S/c1-18-21(24(31)29-20-13-7-3-8-14-20)26(15-9-4-10-16-26)22(23(27)30)25(28-18)32-17-19-11-5-2-6-12-19/h2-3,5-8,11-14,22H,4,9-10,15-17H2,1H3,(H2,27,30)(H,29,31)/t22-/m0/s1. The Morgan fingerprint density at radius 3 is 2.28 bits per heavy atom. The summed E-state index contributed by atoms with van der Waals surface area (Å²) in [5.41, 5.74) is 8.60. The molecule has 0 bridgehead atoms. The number of primary amides is 1. The molecule has 2 amide bonds. The summed E-state index contributed by atoms with van der Waals surface area (Å²) in [6, 6.07) is 19.5. The molecule has 2 aliphatic rings. The van der Waals surface area contributed by atoms with Gasteiger partial charge in [0.25, 0.3) is 5.91 Å². The van der Waals surface area contributed by atoms with Crippen LogP contribution in [0.5, 0.6) is 0 Å². The molecule has 0 saturated heterocycles. The van der Waals surface area contributed by atoms with Crippen LogP contribution in [0.25, 0.3) is 0 Å². The summed E-state index contributed by atoms with van der Waals surface area (Å²) in [7, 11) is 0. The maximum Gasteiger partial charge on any atom is 0.254 e. The van der Waals surface area contributed by atoms with Crippen molar-refractivity contribution in [1.29, 1.82) is 0 Å². The fraction of sp³-hybridized carbons (Fsp3) is 0.346. The minimum absolute atomic E-state index is 0.183. The molecule has 0 radical (unpaired) electrons. The second-order valence-electron chi connectivity index (χ2n) is 8.56. The predicted molar refractivity (Wildman–Crippen MR) is 131 cm³/mol. The third kappa shape index (κ3) is 4.51. The van der Waals surface area contributed by atoms with Crippen LogP contribution in [-0.2, 0) is 15.3 Å². The highest BCUT2D eigenvalue weighted by Gasteiger charge is 2.53. The molecule has 0 aromatic heterocycles. The Morgan fingerprint density at radius 2 is 1.66 bits per heavy atom. The van der Waals surface area contributed by atoms with Gasteiger partial charge < -0.3 is 11.1 Å². The number of rotatable bonds is 5. The van der Waals surface area contributed by atoms with Gasteiger partial charge in [0.2, 0.25) is 5.91 Å². The monoisotopic (exact) mass is 447 g/mol. The van der Waals surface area contributed by atoms with Gasteiger partial charge in [-0.3, -0.25) is 9.59 Å². The minimum atomic E-state index is -0.603. The van der Waals surface area contributed by atoms with E-state index >= 15 is 0 Å². The van der Waals surface area contributed by atoms with Gasteiger partial charge >= 0.3 is 0 Å². The smallest absolute Gasteiger partial charge is 0.254 e. The molecule has 1 aliphatic heterocycles. The van der Waals surface area contributed by atoms with Crippen molar-refractivity contribution in [2.75, 3.05) is 5.32 Å². The molecule has 3 N–H and O–H groups in total. The van der Waals surface area contributed by atoms with Crippen LogP contribution in [0.4, 0.5) is 5.69 Å². The molecule has 32 heavy (non-hydrogen) atoms. The normalized spacial score (nSPS) is 20.0. The zero-order chi connectivity index (χ0) is 22.6. The molecule has 1 spiro atoms. The van der Waals surface area contributed by atoms with Crippen LogP contribution in [0.2, 0.25) is 0 Å². The number of hydrogen-bond donors (Lipinski definition) is 2. The molecule has 4 rings (SSSR count). The van der Waals surface area contributed by atoms with Crippen molar-refractivity contribution in [3.8, 4) is 0 Å². The van der Waals surface area contributed by atoms with Crippen molar-refractivity contribution >= 4 is 34.3 Å². The number of amides is 2. The quantitative estimate of drug-likeness (QED) is 0.652. The average Bonchev–Trinajstić information content (AvgIpc) is 2.79. The number of anilines is 1. The Kier molecular flexibility index (Phi) is 6.80. The summed E-state index contributed by atoms with van der Waals surface area (Å²) in [6.07, 6.45) is 4.57. The van der Waals surface area contributed by atoms with E-state index in [1.165, 1.54) is 0 Å². The SMILES string of the molecule is CC1=C(C(=O)Nc2ccccc2)C2(CCCCC2)[C@@H](C(N)=O)C(SCc2ccccc2)=N1. The first-order valence-electron chi connectivity index (χ1n) is 11.1. The molecule has 1 heterocycles. The van der Waals surface area contributed by atoms with E-state index in [4.69, 9.17) is 10.7 Å². The van der Waals surface area contributed by atoms with E-state index in [0.29, 0.717) is 17.0 Å². The summed E-state index contributed by atoms with van der Waals surface area (Å²) in [6.45, 7) is 1.89. The van der Waals surface area contributed by atoms with Crippen molar-refractivity contribution in [3.05, 3.63) is 77.5 Å². The highest BCUT2D eigenvalue weighted by atomic mass is 32.2. The van der Waals surface area contributed by atoms with E-state index in [-0.39, 0.29) is 5.91 Å². The van der Waals surface area contributed by atoms with Gasteiger partial charge in [-0.15, -0.1) is 11.8 Å². The Morgan fingerprint density at radius 1 is 1.03 bits per heavy atom. The third-order valence-electron chi connectivity index (χ3n) is 6.46. The number of nitrogens with two attached hydrogens (primary N) is 1. The first-order chi connectivity index (χ1) is 15.5. The Hall–Kier alpha value is -2.86. The molecular formula is C26H29N3O2S. The molecule has 2 aromatic rings. The second kappa shape index (κ2) is 9.74. The van der Waals surface area contributed by atoms with Gasteiger partial charge in [0.05, 0.1) is 11.0 Å². The third-order valence-corrected chi connectivity index (χ3v) is 7.56. The zero-order valence-electron chi connectivity index (χ0n) is 18.3. The Labute approximate surface area is 193 Å². The molecule has 1 aliphatic carbocycles. The van der Waals surface area contributed by atoms with Crippen LogP contribution in [0.1, 0.15) is 44.6 Å². The van der Waals surface area contributed by atoms with Crippen LogP contribution in [0.3, 0.4) is 0 Å². The molecule has 166 valence electrons. The second-order valence-corrected chi connectivity index (χ2v) is 9.55. The van der Waals surface area contributed by atoms with E-state index in [0.717, 1.165) is 48.4 Å². The summed E-state index contributed by atoms with van der Waals surface area (Å²) >= 11 is 1.56. The fourth-order valence-corrected chi connectivity index (χ4v) is 6.31. The van der Waals surface area contributed by atoms with Gasteiger partial charge in [0, 0.05) is 28.1 Å². The molecule has 1 atom stereocenters. The summed E-state index contributed by atoms with van der Waals surface area (Å²) in [5.74, 6) is -0.462. The number of aliphatic imine (C=N–C) groups is 1. The van der Waals surface area contributed by atoms with E-state index in [1.807, 2.05) is 55.5 Å². The molecule has 1 saturated carbocycles. The highest BCUT2D eigenvalue weighted by Crippen LogP contribution is 2.53. The number of thioether (sulfide) groups is 1. The summed E-state index contributed by atoms with van der Waals surface area (Å²) < 4.78 is 0. The largest absolute Gasteiger partial charge is 0.369 e. The van der Waals surface area contributed by atoms with Crippen molar-refractivity contribution in [2.24, 2.45) is 22.1 Å². The molecule has 5 nitrogen and oxygen atoms in total. The lowest BCUT2D eigenvalue weighted by molar-refractivity contribution is -0.123. The fourth-order valence-electron chi connectivity index (χ4n) is 5.09. The average molecular weight is 448 g/mol. The molecule has 2 aromatic carbocycles. The van der Waals surface area contributed by atoms with E-state index in [9.17, 15) is 9.59 Å². The maximum atomic E-state index is 13.5. The first-order valence-corrected chi connectivity index (χ1v) is 12.1. The minimum Gasteiger partial charge on any atom is -0.369 e. The topological polar surface area (TPSA) is 84.5 Å². The van der Waals surface area contributed by atoms with Crippen molar-refractivity contribution in [3.63, 3.8) is 0 Å². The van der Waals surface area contributed by atoms with E-state index in [1.54, 1.807) is 11.8 Å². The van der Waals surface area contributed by atoms with Crippen LogP contribution < -0.4 is 11.1 Å². The van der Waals surface area contributed by atoms with Crippen molar-refractivity contribution in [2.45, 2.75) is 44.8 Å². The summed E-state index contributed by atoms with van der Waals surface area (Å²) in [4.78, 5) is 31.2. The van der Waals surface area contributed by atoms with Gasteiger partial charge in [-0.25, -0.2) is 4.99 Å². The lowest BCUT2D eigenvalue weighted by Crippen LogP contribution is -2.50. The van der Waals surface area contributed by atoms with Gasteiger partial charge in [-0.2, -0.15) is 0 Å². The number of nitrogens with zero attached hydrogens (tertiary/aromatic N) is 1. The number of allylic oxidation sites excluding steroid dienone is 1. The van der Waals surface area contributed by atoms with Gasteiger partial charge in [0.15, 0.2) is 0 Å². The Bertz CT molecular complexity index is 1040. The highest BCUT2D eigenvalue weighted by molar-refractivity contribution is 8.13. The summed E-state index contributed by atoms with van der Waals surface area (Å²) in [5, 5.41) is 3.75. The van der Waals surface area contributed by atoms with Crippen molar-refractivity contribution < 1.29 is 9.59 Å². The van der Waals surface area contributed by atoms with Crippen LogP contribution in [0, 0.1) is 11.3 Å². The lowest BCUT2D eigenvalue weighted by Gasteiger charge is -2.46.